The second kappa shape index (κ2) is 10.6. The van der Waals surface area contributed by atoms with Gasteiger partial charge in [-0.15, -0.1) is 0 Å². The Hall–Kier alpha value is -2.58. The highest BCUT2D eigenvalue weighted by atomic mass is 19.4. The summed E-state index contributed by atoms with van der Waals surface area (Å²) in [5.41, 5.74) is -1.57. The van der Waals surface area contributed by atoms with Crippen LogP contribution in [0.1, 0.15) is 51.5 Å². The predicted molar refractivity (Wildman–Crippen MR) is 115 cm³/mol. The summed E-state index contributed by atoms with van der Waals surface area (Å²) < 4.78 is 40.4. The molecule has 2 N–H and O–H groups in total. The molecule has 0 saturated heterocycles. The molecule has 1 aliphatic carbocycles. The fraction of sp³-hybridized carbons (Fsp3) is 0.435. The summed E-state index contributed by atoms with van der Waals surface area (Å²) in [4.78, 5) is 12.3. The molecule has 2 rings (SSSR count). The van der Waals surface area contributed by atoms with Gasteiger partial charge < -0.3 is 20.7 Å². The van der Waals surface area contributed by atoms with E-state index in [1.807, 2.05) is 6.08 Å². The maximum Gasteiger partial charge on any atom is 0.421 e. The van der Waals surface area contributed by atoms with Crippen LogP contribution in [0.25, 0.3) is 0 Å². The number of nitrogens with zero attached hydrogens (tertiary/aromatic N) is 1. The topological polar surface area (TPSA) is 75.6 Å². The Morgan fingerprint density at radius 2 is 1.84 bits per heavy atom. The number of hydroxylamine groups is 2. The summed E-state index contributed by atoms with van der Waals surface area (Å²) in [5.74, 6) is -0.335. The Morgan fingerprint density at radius 3 is 2.42 bits per heavy atom. The van der Waals surface area contributed by atoms with Crippen molar-refractivity contribution in [1.82, 2.24) is 5.06 Å². The van der Waals surface area contributed by atoms with Gasteiger partial charge in [0.15, 0.2) is 5.60 Å². The SMILES string of the molecule is CCCCC(O)(c1ccc(NC(=O)CC2=CCC=C(N([O-])CC)C=C2)cc1)C(F)(F)F. The minimum absolute atomic E-state index is 0.0628. The molecule has 1 aromatic rings. The van der Waals surface area contributed by atoms with Gasteiger partial charge in [0.2, 0.25) is 5.91 Å². The number of carbonyl (C=O) groups excluding carboxylic acids is 1. The monoisotopic (exact) mass is 437 g/mol. The lowest BCUT2D eigenvalue weighted by Crippen LogP contribution is -2.42. The van der Waals surface area contributed by atoms with E-state index in [1.165, 1.54) is 24.3 Å². The molecule has 5 nitrogen and oxygen atoms in total. The number of allylic oxidation sites excluding steroid dienone is 4. The predicted octanol–water partition coefficient (Wildman–Crippen LogP) is 5.55. The molecule has 1 atom stereocenters. The number of unbranched alkanes of at least 4 members (excludes halogenated alkanes) is 1. The van der Waals surface area contributed by atoms with E-state index in [0.717, 1.165) is 10.6 Å². The van der Waals surface area contributed by atoms with Gasteiger partial charge in [-0.05, 0) is 49.1 Å². The number of halogens is 3. The zero-order chi connectivity index (χ0) is 23.1. The van der Waals surface area contributed by atoms with E-state index in [-0.39, 0.29) is 24.3 Å². The Labute approximate surface area is 180 Å². The van der Waals surface area contributed by atoms with Crippen LogP contribution >= 0.6 is 0 Å². The highest BCUT2D eigenvalue weighted by molar-refractivity contribution is 5.92. The Balaban J connectivity index is 2.03. The van der Waals surface area contributed by atoms with Crippen molar-refractivity contribution < 1.29 is 23.1 Å². The van der Waals surface area contributed by atoms with Crippen molar-refractivity contribution >= 4 is 11.6 Å². The number of benzene rings is 1. The van der Waals surface area contributed by atoms with E-state index >= 15 is 0 Å². The summed E-state index contributed by atoms with van der Waals surface area (Å²) >= 11 is 0. The Morgan fingerprint density at radius 1 is 1.16 bits per heavy atom. The second-order valence-corrected chi connectivity index (χ2v) is 7.44. The molecule has 1 aromatic carbocycles. The van der Waals surface area contributed by atoms with Crippen LogP contribution in [0.3, 0.4) is 0 Å². The Bertz CT molecular complexity index is 845. The van der Waals surface area contributed by atoms with Crippen molar-refractivity contribution in [2.24, 2.45) is 0 Å². The molecular weight excluding hydrogens is 409 g/mol. The number of amides is 1. The average Bonchev–Trinajstić information content (AvgIpc) is 2.96. The summed E-state index contributed by atoms with van der Waals surface area (Å²) in [6, 6.07) is 5.08. The standard InChI is InChI=1S/C23H28F3N2O3/c1-3-5-15-22(30,23(24,25)26)18-10-12-19(13-11-18)27-21(29)16-17-7-6-8-20(14-9-17)28(31)4-2/h7-14,30H,3-6,15-16H2,1-2H3,(H,27,29)/q-1. The molecule has 1 unspecified atom stereocenters. The maximum absolute atomic E-state index is 13.5. The van der Waals surface area contributed by atoms with Crippen LogP contribution in [-0.4, -0.2) is 28.8 Å². The van der Waals surface area contributed by atoms with Crippen molar-refractivity contribution in [3.8, 4) is 0 Å². The fourth-order valence-electron chi connectivity index (χ4n) is 3.26. The van der Waals surface area contributed by atoms with Crippen LogP contribution in [0.4, 0.5) is 18.9 Å². The van der Waals surface area contributed by atoms with Crippen LogP contribution in [0.15, 0.2) is 59.8 Å². The minimum atomic E-state index is -4.80. The van der Waals surface area contributed by atoms with Gasteiger partial charge in [0.1, 0.15) is 0 Å². The lowest BCUT2D eigenvalue weighted by Gasteiger charge is -2.31. The number of aliphatic hydroxyl groups is 1. The molecule has 1 amide bonds. The van der Waals surface area contributed by atoms with E-state index in [4.69, 9.17) is 0 Å². The van der Waals surface area contributed by atoms with E-state index in [2.05, 4.69) is 5.32 Å². The number of hydrogen-bond acceptors (Lipinski definition) is 4. The summed E-state index contributed by atoms with van der Waals surface area (Å²) in [5, 5.41) is 25.5. The highest BCUT2D eigenvalue weighted by Gasteiger charge is 2.54. The van der Waals surface area contributed by atoms with Gasteiger partial charge in [-0.3, -0.25) is 4.79 Å². The fourth-order valence-corrected chi connectivity index (χ4v) is 3.26. The largest absolute Gasteiger partial charge is 0.758 e. The summed E-state index contributed by atoms with van der Waals surface area (Å²) in [6.45, 7) is 3.83. The molecule has 0 radical (unpaired) electrons. The van der Waals surface area contributed by atoms with E-state index in [0.29, 0.717) is 30.8 Å². The molecule has 170 valence electrons. The molecule has 0 bridgehead atoms. The number of anilines is 1. The highest BCUT2D eigenvalue weighted by Crippen LogP contribution is 2.42. The van der Waals surface area contributed by atoms with Gasteiger partial charge >= 0.3 is 6.18 Å². The summed E-state index contributed by atoms with van der Waals surface area (Å²) in [6.07, 6.45) is 3.10. The van der Waals surface area contributed by atoms with E-state index in [1.54, 1.807) is 32.1 Å². The zero-order valence-electron chi connectivity index (χ0n) is 17.7. The molecule has 0 fully saturated rings. The number of likely N-dealkylation sites (N-methyl/N-ethyl adjacent to an activating group) is 1. The zero-order valence-corrected chi connectivity index (χ0v) is 17.7. The van der Waals surface area contributed by atoms with Gasteiger partial charge in [-0.2, -0.15) is 13.2 Å². The first-order valence-corrected chi connectivity index (χ1v) is 10.3. The van der Waals surface area contributed by atoms with Gasteiger partial charge in [0.05, 0.1) is 6.42 Å². The van der Waals surface area contributed by atoms with Gasteiger partial charge in [0, 0.05) is 17.9 Å². The third-order valence-electron chi connectivity index (χ3n) is 5.12. The van der Waals surface area contributed by atoms with Crippen molar-refractivity contribution in [1.29, 1.82) is 0 Å². The first-order chi connectivity index (χ1) is 14.6. The lowest BCUT2D eigenvalue weighted by atomic mass is 9.88. The number of carbonyl (C=O) groups is 1. The molecular formula is C23H28F3N2O3-. The third-order valence-corrected chi connectivity index (χ3v) is 5.12. The molecule has 8 heteroatoms. The normalized spacial score (nSPS) is 16.1. The maximum atomic E-state index is 13.5. The molecule has 0 spiro atoms. The lowest BCUT2D eigenvalue weighted by molar-refractivity contribution is -0.269. The summed E-state index contributed by atoms with van der Waals surface area (Å²) in [7, 11) is 0. The molecule has 1 aliphatic rings. The molecule has 0 heterocycles. The van der Waals surface area contributed by atoms with Gasteiger partial charge in [0.25, 0.3) is 0 Å². The number of nitrogens with one attached hydrogen (secondary N) is 1. The Kier molecular flexibility index (Phi) is 8.47. The van der Waals surface area contributed by atoms with Crippen LogP contribution in [0.2, 0.25) is 0 Å². The second-order valence-electron chi connectivity index (χ2n) is 7.44. The number of hydrogen-bond donors (Lipinski definition) is 2. The van der Waals surface area contributed by atoms with E-state index in [9.17, 15) is 28.3 Å². The third kappa shape index (κ3) is 6.45. The van der Waals surface area contributed by atoms with Crippen molar-refractivity contribution in [3.63, 3.8) is 0 Å². The minimum Gasteiger partial charge on any atom is -0.758 e. The van der Waals surface area contributed by atoms with Crippen molar-refractivity contribution in [2.45, 2.75) is 57.7 Å². The van der Waals surface area contributed by atoms with Crippen molar-refractivity contribution in [2.75, 3.05) is 11.9 Å². The van der Waals surface area contributed by atoms with Crippen LogP contribution in [0.5, 0.6) is 0 Å². The molecule has 31 heavy (non-hydrogen) atoms. The smallest absolute Gasteiger partial charge is 0.421 e. The molecule has 0 aromatic heterocycles. The van der Waals surface area contributed by atoms with E-state index < -0.39 is 18.2 Å². The molecule has 0 saturated carbocycles. The van der Waals surface area contributed by atoms with Gasteiger partial charge in [-0.25, -0.2) is 0 Å². The first kappa shape index (κ1) is 24.7. The number of rotatable bonds is 9. The van der Waals surface area contributed by atoms with Crippen LogP contribution < -0.4 is 5.32 Å². The first-order valence-electron chi connectivity index (χ1n) is 10.3. The quantitative estimate of drug-likeness (QED) is 0.497. The van der Waals surface area contributed by atoms with Gasteiger partial charge in [-0.1, -0.05) is 50.1 Å². The number of alkyl halides is 3. The molecule has 0 aliphatic heterocycles. The van der Waals surface area contributed by atoms with Crippen LogP contribution in [-0.2, 0) is 10.4 Å². The average molecular weight is 437 g/mol. The van der Waals surface area contributed by atoms with Crippen molar-refractivity contribution in [3.05, 3.63) is 70.6 Å². The van der Waals surface area contributed by atoms with Crippen LogP contribution in [0, 0.1) is 5.21 Å².